The maximum absolute atomic E-state index is 12.5. The Kier molecular flexibility index (Phi) is 7.55. The van der Waals surface area contributed by atoms with Gasteiger partial charge in [0.1, 0.15) is 0 Å². The SMILES string of the molecule is CCN(CC)c1ccc(NC(=O)CSc2nc3ccccc3n2CCOC)cc1. The van der Waals surface area contributed by atoms with Crippen molar-refractivity contribution in [2.24, 2.45) is 0 Å². The van der Waals surface area contributed by atoms with Crippen molar-refractivity contribution in [1.29, 1.82) is 0 Å². The molecule has 0 aliphatic heterocycles. The molecular weight excluding hydrogens is 384 g/mol. The molecule has 1 heterocycles. The molecule has 0 spiro atoms. The molecule has 0 aliphatic rings. The van der Waals surface area contributed by atoms with Crippen molar-refractivity contribution in [3.63, 3.8) is 0 Å². The van der Waals surface area contributed by atoms with Crippen molar-refractivity contribution < 1.29 is 9.53 Å². The number of amides is 1. The Morgan fingerprint density at radius 3 is 2.55 bits per heavy atom. The molecule has 3 rings (SSSR count). The summed E-state index contributed by atoms with van der Waals surface area (Å²) in [6.45, 7) is 7.49. The molecule has 1 amide bonds. The lowest BCUT2D eigenvalue weighted by Gasteiger charge is -2.21. The minimum atomic E-state index is -0.0454. The van der Waals surface area contributed by atoms with Gasteiger partial charge in [-0.2, -0.15) is 0 Å². The zero-order chi connectivity index (χ0) is 20.6. The number of anilines is 2. The molecule has 0 saturated heterocycles. The second-order valence-electron chi connectivity index (χ2n) is 6.58. The number of nitrogens with zero attached hydrogens (tertiary/aromatic N) is 3. The lowest BCUT2D eigenvalue weighted by Crippen LogP contribution is -2.21. The number of ether oxygens (including phenoxy) is 1. The van der Waals surface area contributed by atoms with E-state index in [2.05, 4.69) is 33.6 Å². The van der Waals surface area contributed by atoms with E-state index in [0.717, 1.165) is 40.7 Å². The van der Waals surface area contributed by atoms with Crippen LogP contribution in [0.2, 0.25) is 0 Å². The normalized spacial score (nSPS) is 11.0. The van der Waals surface area contributed by atoms with E-state index >= 15 is 0 Å². The Balaban J connectivity index is 1.63. The van der Waals surface area contributed by atoms with Crippen LogP contribution in [0.15, 0.2) is 53.7 Å². The van der Waals surface area contributed by atoms with Gasteiger partial charge in [-0.15, -0.1) is 0 Å². The fourth-order valence-electron chi connectivity index (χ4n) is 3.23. The summed E-state index contributed by atoms with van der Waals surface area (Å²) in [5, 5.41) is 3.80. The van der Waals surface area contributed by atoms with Gasteiger partial charge in [-0.1, -0.05) is 23.9 Å². The molecule has 0 saturated carbocycles. The second kappa shape index (κ2) is 10.3. The van der Waals surface area contributed by atoms with E-state index in [4.69, 9.17) is 4.74 Å². The summed E-state index contributed by atoms with van der Waals surface area (Å²) in [5.41, 5.74) is 3.95. The summed E-state index contributed by atoms with van der Waals surface area (Å²) in [5.74, 6) is 0.254. The first-order valence-electron chi connectivity index (χ1n) is 9.88. The molecule has 0 radical (unpaired) electrons. The molecule has 6 nitrogen and oxygen atoms in total. The standard InChI is InChI=1S/C22H28N4O2S/c1-4-25(5-2)18-12-10-17(11-13-18)23-21(27)16-29-22-24-19-8-6-7-9-20(19)26(22)14-15-28-3/h6-13H,4-5,14-16H2,1-3H3,(H,23,27). The van der Waals surface area contributed by atoms with Gasteiger partial charge in [0.25, 0.3) is 0 Å². The highest BCUT2D eigenvalue weighted by Crippen LogP contribution is 2.24. The average Bonchev–Trinajstić information content (AvgIpc) is 3.10. The quantitative estimate of drug-likeness (QED) is 0.504. The fraction of sp³-hybridized carbons (Fsp3) is 0.364. The van der Waals surface area contributed by atoms with E-state index in [9.17, 15) is 4.79 Å². The van der Waals surface area contributed by atoms with Gasteiger partial charge in [-0.05, 0) is 50.2 Å². The molecular formula is C22H28N4O2S. The van der Waals surface area contributed by atoms with Crippen LogP contribution in [0.5, 0.6) is 0 Å². The third-order valence-electron chi connectivity index (χ3n) is 4.75. The molecule has 0 atom stereocenters. The van der Waals surface area contributed by atoms with Crippen molar-refractivity contribution in [2.45, 2.75) is 25.5 Å². The predicted octanol–water partition coefficient (Wildman–Crippen LogP) is 4.26. The number of hydrogen-bond donors (Lipinski definition) is 1. The summed E-state index contributed by atoms with van der Waals surface area (Å²) < 4.78 is 7.33. The number of aromatic nitrogens is 2. The third kappa shape index (κ3) is 5.31. The molecule has 0 bridgehead atoms. The number of fused-ring (bicyclic) bond motifs is 1. The number of carbonyl (C=O) groups excluding carboxylic acids is 1. The van der Waals surface area contributed by atoms with Crippen LogP contribution in [-0.4, -0.2) is 48.0 Å². The van der Waals surface area contributed by atoms with Crippen LogP contribution in [-0.2, 0) is 16.1 Å². The van der Waals surface area contributed by atoms with Gasteiger partial charge < -0.3 is 19.5 Å². The van der Waals surface area contributed by atoms with E-state index < -0.39 is 0 Å². The largest absolute Gasteiger partial charge is 0.383 e. The smallest absolute Gasteiger partial charge is 0.234 e. The van der Waals surface area contributed by atoms with Gasteiger partial charge in [0, 0.05) is 38.1 Å². The van der Waals surface area contributed by atoms with Crippen molar-refractivity contribution in [2.75, 3.05) is 42.8 Å². The minimum absolute atomic E-state index is 0.0454. The van der Waals surface area contributed by atoms with Crippen molar-refractivity contribution in [3.8, 4) is 0 Å². The number of carbonyl (C=O) groups is 1. The van der Waals surface area contributed by atoms with E-state index in [1.807, 2.05) is 48.5 Å². The lowest BCUT2D eigenvalue weighted by molar-refractivity contribution is -0.113. The maximum atomic E-state index is 12.5. The van der Waals surface area contributed by atoms with E-state index in [1.54, 1.807) is 7.11 Å². The minimum Gasteiger partial charge on any atom is -0.383 e. The van der Waals surface area contributed by atoms with Gasteiger partial charge >= 0.3 is 0 Å². The van der Waals surface area contributed by atoms with Crippen LogP contribution >= 0.6 is 11.8 Å². The molecule has 2 aromatic carbocycles. The van der Waals surface area contributed by atoms with Crippen LogP contribution in [0.3, 0.4) is 0 Å². The van der Waals surface area contributed by atoms with Crippen LogP contribution < -0.4 is 10.2 Å². The highest BCUT2D eigenvalue weighted by molar-refractivity contribution is 7.99. The first kappa shape index (κ1) is 21.2. The van der Waals surface area contributed by atoms with Crippen LogP contribution in [0, 0.1) is 0 Å². The number of methoxy groups -OCH3 is 1. The second-order valence-corrected chi connectivity index (χ2v) is 7.53. The zero-order valence-electron chi connectivity index (χ0n) is 17.2. The highest BCUT2D eigenvalue weighted by Gasteiger charge is 2.13. The summed E-state index contributed by atoms with van der Waals surface area (Å²) >= 11 is 1.44. The first-order chi connectivity index (χ1) is 14.2. The fourth-order valence-corrected chi connectivity index (χ4v) is 4.07. The number of nitrogens with one attached hydrogen (secondary N) is 1. The maximum Gasteiger partial charge on any atom is 0.234 e. The molecule has 0 fully saturated rings. The summed E-state index contributed by atoms with van der Waals surface area (Å²) in [6, 6.07) is 16.0. The molecule has 29 heavy (non-hydrogen) atoms. The van der Waals surface area contributed by atoms with Crippen LogP contribution in [0.4, 0.5) is 11.4 Å². The van der Waals surface area contributed by atoms with E-state index in [1.165, 1.54) is 11.8 Å². The Labute approximate surface area is 176 Å². The monoisotopic (exact) mass is 412 g/mol. The van der Waals surface area contributed by atoms with Gasteiger partial charge in [0.15, 0.2) is 5.16 Å². The third-order valence-corrected chi connectivity index (χ3v) is 5.73. The Bertz CT molecular complexity index is 936. The number of para-hydroxylation sites is 2. The Morgan fingerprint density at radius 1 is 1.14 bits per heavy atom. The van der Waals surface area contributed by atoms with Gasteiger partial charge in [0.2, 0.25) is 5.91 Å². The molecule has 3 aromatic rings. The summed E-state index contributed by atoms with van der Waals surface area (Å²) in [7, 11) is 1.69. The average molecular weight is 413 g/mol. The van der Waals surface area contributed by atoms with Crippen molar-refractivity contribution in [1.82, 2.24) is 9.55 Å². The molecule has 1 aromatic heterocycles. The summed E-state index contributed by atoms with van der Waals surface area (Å²) in [6.07, 6.45) is 0. The number of hydrogen-bond acceptors (Lipinski definition) is 5. The molecule has 0 unspecified atom stereocenters. The predicted molar refractivity (Wildman–Crippen MR) is 121 cm³/mol. The van der Waals surface area contributed by atoms with Crippen LogP contribution in [0.25, 0.3) is 11.0 Å². The topological polar surface area (TPSA) is 59.4 Å². The molecule has 7 heteroatoms. The van der Waals surface area contributed by atoms with Gasteiger partial charge in [-0.3, -0.25) is 4.79 Å². The number of benzene rings is 2. The zero-order valence-corrected chi connectivity index (χ0v) is 18.0. The van der Waals surface area contributed by atoms with Crippen molar-refractivity contribution in [3.05, 3.63) is 48.5 Å². The molecule has 0 aliphatic carbocycles. The molecule has 1 N–H and O–H groups in total. The highest BCUT2D eigenvalue weighted by atomic mass is 32.2. The van der Waals surface area contributed by atoms with Crippen molar-refractivity contribution >= 4 is 40.1 Å². The van der Waals surface area contributed by atoms with Crippen LogP contribution in [0.1, 0.15) is 13.8 Å². The first-order valence-corrected chi connectivity index (χ1v) is 10.9. The van der Waals surface area contributed by atoms with Gasteiger partial charge in [-0.25, -0.2) is 4.98 Å². The Hall–Kier alpha value is -2.51. The molecule has 154 valence electrons. The Morgan fingerprint density at radius 2 is 1.86 bits per heavy atom. The van der Waals surface area contributed by atoms with E-state index in [-0.39, 0.29) is 5.91 Å². The summed E-state index contributed by atoms with van der Waals surface area (Å²) in [4.78, 5) is 19.4. The van der Waals surface area contributed by atoms with Gasteiger partial charge in [0.05, 0.1) is 23.4 Å². The number of thioether (sulfide) groups is 1. The number of imidazole rings is 1. The van der Waals surface area contributed by atoms with E-state index in [0.29, 0.717) is 18.9 Å². The number of rotatable bonds is 10. The lowest BCUT2D eigenvalue weighted by atomic mass is 10.2.